The van der Waals surface area contributed by atoms with Gasteiger partial charge in [-0.25, -0.2) is 0 Å². The van der Waals surface area contributed by atoms with Crippen molar-refractivity contribution in [1.29, 1.82) is 0 Å². The van der Waals surface area contributed by atoms with Crippen LogP contribution in [-0.2, 0) is 16.0 Å². The normalized spacial score (nSPS) is 12.9. The summed E-state index contributed by atoms with van der Waals surface area (Å²) >= 11 is 0. The van der Waals surface area contributed by atoms with E-state index in [1.54, 1.807) is 6.07 Å². The van der Waals surface area contributed by atoms with Crippen molar-refractivity contribution >= 4 is 5.97 Å². The van der Waals surface area contributed by atoms with Gasteiger partial charge in [0.2, 0.25) is 0 Å². The van der Waals surface area contributed by atoms with Gasteiger partial charge in [-0.05, 0) is 24.1 Å². The molecule has 0 saturated carbocycles. The van der Waals surface area contributed by atoms with Crippen LogP contribution in [0.1, 0.15) is 5.56 Å². The van der Waals surface area contributed by atoms with Crippen molar-refractivity contribution in [2.24, 2.45) is 5.73 Å². The lowest BCUT2D eigenvalue weighted by Gasteiger charge is -2.12. The molecule has 1 rings (SSSR count). The quantitative estimate of drug-likeness (QED) is 0.839. The SMILES string of the molecule is COC(=O)C(N)Cc1cccc(OC(F)(F)F)c1. The molecule has 2 N–H and O–H groups in total. The Morgan fingerprint density at radius 1 is 1.44 bits per heavy atom. The largest absolute Gasteiger partial charge is 0.573 e. The van der Waals surface area contributed by atoms with Gasteiger partial charge in [0.15, 0.2) is 0 Å². The molecule has 18 heavy (non-hydrogen) atoms. The highest BCUT2D eigenvalue weighted by Gasteiger charge is 2.31. The first-order chi connectivity index (χ1) is 8.31. The van der Waals surface area contributed by atoms with Crippen molar-refractivity contribution in [3.63, 3.8) is 0 Å². The number of alkyl halides is 3. The Morgan fingerprint density at radius 2 is 2.11 bits per heavy atom. The molecule has 0 spiro atoms. The molecule has 4 nitrogen and oxygen atoms in total. The number of halogens is 3. The predicted molar refractivity (Wildman–Crippen MR) is 56.8 cm³/mol. The lowest BCUT2D eigenvalue weighted by atomic mass is 10.1. The van der Waals surface area contributed by atoms with Gasteiger partial charge in [0, 0.05) is 0 Å². The predicted octanol–water partition coefficient (Wildman–Crippen LogP) is 1.63. The van der Waals surface area contributed by atoms with Gasteiger partial charge in [0.25, 0.3) is 0 Å². The molecule has 1 aromatic carbocycles. The minimum Gasteiger partial charge on any atom is -0.468 e. The molecule has 100 valence electrons. The minimum atomic E-state index is -4.75. The molecule has 0 aliphatic carbocycles. The smallest absolute Gasteiger partial charge is 0.468 e. The third-order valence-corrected chi connectivity index (χ3v) is 2.09. The van der Waals surface area contributed by atoms with Crippen molar-refractivity contribution in [2.75, 3.05) is 7.11 Å². The number of nitrogens with two attached hydrogens (primary N) is 1. The first-order valence-corrected chi connectivity index (χ1v) is 5.00. The Kier molecular flexibility index (Phi) is 4.55. The van der Waals surface area contributed by atoms with Crippen LogP contribution in [0.15, 0.2) is 24.3 Å². The molecule has 1 atom stereocenters. The van der Waals surface area contributed by atoms with E-state index in [2.05, 4.69) is 9.47 Å². The van der Waals surface area contributed by atoms with E-state index in [1.165, 1.54) is 25.3 Å². The lowest BCUT2D eigenvalue weighted by molar-refractivity contribution is -0.274. The maximum atomic E-state index is 12.0. The van der Waals surface area contributed by atoms with Crippen LogP contribution in [0.2, 0.25) is 0 Å². The molecule has 0 aromatic heterocycles. The van der Waals surface area contributed by atoms with E-state index in [4.69, 9.17) is 5.73 Å². The summed E-state index contributed by atoms with van der Waals surface area (Å²) in [6.45, 7) is 0. The molecular formula is C11H12F3NO3. The fourth-order valence-electron chi connectivity index (χ4n) is 1.36. The zero-order valence-corrected chi connectivity index (χ0v) is 9.53. The highest BCUT2D eigenvalue weighted by Crippen LogP contribution is 2.23. The van der Waals surface area contributed by atoms with Crippen LogP contribution in [-0.4, -0.2) is 25.5 Å². The summed E-state index contributed by atoms with van der Waals surface area (Å²) in [6.07, 6.45) is -4.68. The molecular weight excluding hydrogens is 251 g/mol. The van der Waals surface area contributed by atoms with Gasteiger partial charge in [0.05, 0.1) is 7.11 Å². The minimum absolute atomic E-state index is 0.0712. The van der Waals surface area contributed by atoms with Crippen LogP contribution in [0.3, 0.4) is 0 Å². The molecule has 0 fully saturated rings. The molecule has 1 unspecified atom stereocenters. The molecule has 7 heteroatoms. The highest BCUT2D eigenvalue weighted by atomic mass is 19.4. The number of carbonyl (C=O) groups excluding carboxylic acids is 1. The van der Waals surface area contributed by atoms with E-state index in [1.807, 2.05) is 0 Å². The number of benzene rings is 1. The molecule has 0 radical (unpaired) electrons. The molecule has 1 aromatic rings. The molecule has 0 heterocycles. The van der Waals surface area contributed by atoms with Crippen molar-refractivity contribution < 1.29 is 27.4 Å². The van der Waals surface area contributed by atoms with Crippen LogP contribution in [0.5, 0.6) is 5.75 Å². The number of methoxy groups -OCH3 is 1. The average molecular weight is 263 g/mol. The van der Waals surface area contributed by atoms with E-state index in [0.29, 0.717) is 5.56 Å². The molecule has 0 bridgehead atoms. The van der Waals surface area contributed by atoms with Crippen LogP contribution in [0.4, 0.5) is 13.2 Å². The van der Waals surface area contributed by atoms with Gasteiger partial charge in [-0.3, -0.25) is 4.79 Å². The summed E-state index contributed by atoms with van der Waals surface area (Å²) < 4.78 is 44.2. The van der Waals surface area contributed by atoms with E-state index in [-0.39, 0.29) is 12.2 Å². The van der Waals surface area contributed by atoms with Gasteiger partial charge in [-0.15, -0.1) is 13.2 Å². The topological polar surface area (TPSA) is 61.5 Å². The Labute approximate surface area is 101 Å². The maximum absolute atomic E-state index is 12.0. The molecule has 0 aliphatic rings. The zero-order chi connectivity index (χ0) is 13.8. The summed E-state index contributed by atoms with van der Waals surface area (Å²) in [4.78, 5) is 11.1. The number of ether oxygens (including phenoxy) is 2. The Hall–Kier alpha value is -1.76. The monoisotopic (exact) mass is 263 g/mol. The van der Waals surface area contributed by atoms with Gasteiger partial charge >= 0.3 is 12.3 Å². The lowest BCUT2D eigenvalue weighted by Crippen LogP contribution is -2.33. The van der Waals surface area contributed by atoms with E-state index >= 15 is 0 Å². The number of hydrogen-bond acceptors (Lipinski definition) is 4. The van der Waals surface area contributed by atoms with Gasteiger partial charge < -0.3 is 15.2 Å². The van der Waals surface area contributed by atoms with Crippen LogP contribution >= 0.6 is 0 Å². The van der Waals surface area contributed by atoms with Crippen molar-refractivity contribution in [3.05, 3.63) is 29.8 Å². The summed E-state index contributed by atoms with van der Waals surface area (Å²) in [6, 6.07) is 4.36. The van der Waals surface area contributed by atoms with Crippen molar-refractivity contribution in [1.82, 2.24) is 0 Å². The fraction of sp³-hybridized carbons (Fsp3) is 0.364. The summed E-state index contributed by atoms with van der Waals surface area (Å²) in [5.74, 6) is -0.978. The fourth-order valence-corrected chi connectivity index (χ4v) is 1.36. The second-order valence-electron chi connectivity index (χ2n) is 3.53. The zero-order valence-electron chi connectivity index (χ0n) is 9.53. The number of esters is 1. The standard InChI is InChI=1S/C11H12F3NO3/c1-17-10(16)9(15)6-7-3-2-4-8(5-7)18-11(12,13)14/h2-5,9H,6,15H2,1H3. The Bertz CT molecular complexity index is 420. The summed E-state index contributed by atoms with van der Waals surface area (Å²) in [7, 11) is 1.19. The number of rotatable bonds is 4. The van der Waals surface area contributed by atoms with Gasteiger partial charge in [0.1, 0.15) is 11.8 Å². The molecule has 0 saturated heterocycles. The van der Waals surface area contributed by atoms with E-state index in [9.17, 15) is 18.0 Å². The first-order valence-electron chi connectivity index (χ1n) is 5.00. The summed E-state index contributed by atoms with van der Waals surface area (Å²) in [5.41, 5.74) is 5.95. The van der Waals surface area contributed by atoms with Gasteiger partial charge in [-0.2, -0.15) is 0 Å². The number of carbonyl (C=O) groups is 1. The molecule has 0 amide bonds. The Morgan fingerprint density at radius 3 is 2.67 bits per heavy atom. The van der Waals surface area contributed by atoms with Crippen molar-refractivity contribution in [2.45, 2.75) is 18.8 Å². The first kappa shape index (κ1) is 14.3. The summed E-state index contributed by atoms with van der Waals surface area (Å²) in [5, 5.41) is 0. The third kappa shape index (κ3) is 4.62. The third-order valence-electron chi connectivity index (χ3n) is 2.09. The highest BCUT2D eigenvalue weighted by molar-refractivity contribution is 5.75. The van der Waals surface area contributed by atoms with Crippen LogP contribution in [0.25, 0.3) is 0 Å². The maximum Gasteiger partial charge on any atom is 0.573 e. The van der Waals surface area contributed by atoms with Crippen LogP contribution in [0, 0.1) is 0 Å². The van der Waals surface area contributed by atoms with E-state index < -0.39 is 18.4 Å². The van der Waals surface area contributed by atoms with E-state index in [0.717, 1.165) is 0 Å². The molecule has 0 aliphatic heterocycles. The Balaban J connectivity index is 2.73. The van der Waals surface area contributed by atoms with Crippen molar-refractivity contribution in [3.8, 4) is 5.75 Å². The average Bonchev–Trinajstić information content (AvgIpc) is 2.26. The van der Waals surface area contributed by atoms with Gasteiger partial charge in [-0.1, -0.05) is 12.1 Å². The second kappa shape index (κ2) is 5.72. The second-order valence-corrected chi connectivity index (χ2v) is 3.53. The number of hydrogen-bond donors (Lipinski definition) is 1. The van der Waals surface area contributed by atoms with Crippen LogP contribution < -0.4 is 10.5 Å².